The molecule has 8 heteroatoms. The summed E-state index contributed by atoms with van der Waals surface area (Å²) in [7, 11) is -3.48. The first-order valence-electron chi connectivity index (χ1n) is 7.52. The number of thiazole rings is 1. The molecular weight excluding hydrogens is 376 g/mol. The molecule has 0 atom stereocenters. The zero-order chi connectivity index (χ0) is 18.0. The highest BCUT2D eigenvalue weighted by Gasteiger charge is 2.21. The SMILES string of the molecule is CCS(=O)(=O)c1ccccc1C(=O)Nc1nc2ccc(SC)cc2s1. The molecule has 1 amide bonds. The molecule has 0 aliphatic heterocycles. The summed E-state index contributed by atoms with van der Waals surface area (Å²) in [4.78, 5) is 18.1. The van der Waals surface area contributed by atoms with E-state index in [4.69, 9.17) is 0 Å². The standard InChI is InChI=1S/C17H16N2O3S3/c1-3-25(21,22)15-7-5-4-6-12(15)16(20)19-17-18-13-9-8-11(23-2)10-14(13)24-17/h4-10H,3H2,1-2H3,(H,18,19,20). The number of carbonyl (C=O) groups excluding carboxylic acids is 1. The molecule has 0 saturated carbocycles. The third-order valence-electron chi connectivity index (χ3n) is 3.66. The van der Waals surface area contributed by atoms with Gasteiger partial charge in [0.15, 0.2) is 15.0 Å². The van der Waals surface area contributed by atoms with Crippen molar-refractivity contribution >= 4 is 54.2 Å². The monoisotopic (exact) mass is 392 g/mol. The van der Waals surface area contributed by atoms with Gasteiger partial charge in [-0.1, -0.05) is 30.4 Å². The first-order chi connectivity index (χ1) is 11.9. The zero-order valence-electron chi connectivity index (χ0n) is 13.6. The van der Waals surface area contributed by atoms with Crippen molar-refractivity contribution in [2.75, 3.05) is 17.3 Å². The van der Waals surface area contributed by atoms with Crippen LogP contribution in [0.4, 0.5) is 5.13 Å². The van der Waals surface area contributed by atoms with Crippen molar-refractivity contribution in [1.82, 2.24) is 4.98 Å². The minimum absolute atomic E-state index is 0.0424. The smallest absolute Gasteiger partial charge is 0.258 e. The molecule has 0 fully saturated rings. The van der Waals surface area contributed by atoms with Gasteiger partial charge in [0.1, 0.15) is 0 Å². The Bertz CT molecular complexity index is 1040. The number of hydrogen-bond donors (Lipinski definition) is 1. The lowest BCUT2D eigenvalue weighted by Crippen LogP contribution is -2.17. The second kappa shape index (κ2) is 7.15. The van der Waals surface area contributed by atoms with Gasteiger partial charge in [-0.2, -0.15) is 0 Å². The van der Waals surface area contributed by atoms with Crippen LogP contribution in [0.15, 0.2) is 52.3 Å². The molecule has 1 aromatic heterocycles. The summed E-state index contributed by atoms with van der Waals surface area (Å²) in [5.74, 6) is -0.535. The Hall–Kier alpha value is -1.90. The molecule has 0 aliphatic rings. The van der Waals surface area contributed by atoms with Crippen LogP contribution in [-0.2, 0) is 9.84 Å². The Kier molecular flexibility index (Phi) is 5.12. The van der Waals surface area contributed by atoms with E-state index in [1.54, 1.807) is 30.8 Å². The molecule has 25 heavy (non-hydrogen) atoms. The Morgan fingerprint density at radius 2 is 2.00 bits per heavy atom. The van der Waals surface area contributed by atoms with Gasteiger partial charge >= 0.3 is 0 Å². The predicted molar refractivity (Wildman–Crippen MR) is 104 cm³/mol. The van der Waals surface area contributed by atoms with Crippen LogP contribution in [0, 0.1) is 0 Å². The second-order valence-electron chi connectivity index (χ2n) is 5.21. The van der Waals surface area contributed by atoms with Crippen LogP contribution >= 0.6 is 23.1 Å². The maximum absolute atomic E-state index is 12.6. The van der Waals surface area contributed by atoms with Gasteiger partial charge in [0, 0.05) is 4.90 Å². The van der Waals surface area contributed by atoms with Crippen molar-refractivity contribution in [3.05, 3.63) is 48.0 Å². The Morgan fingerprint density at radius 1 is 1.24 bits per heavy atom. The first kappa shape index (κ1) is 17.9. The largest absolute Gasteiger partial charge is 0.298 e. The third-order valence-corrected chi connectivity index (χ3v) is 7.11. The van der Waals surface area contributed by atoms with Crippen LogP contribution in [-0.4, -0.2) is 31.3 Å². The topological polar surface area (TPSA) is 76.1 Å². The molecule has 1 heterocycles. The number of aromatic nitrogens is 1. The molecule has 5 nitrogen and oxygen atoms in total. The van der Waals surface area contributed by atoms with E-state index in [0.717, 1.165) is 15.1 Å². The molecule has 0 bridgehead atoms. The van der Waals surface area contributed by atoms with E-state index < -0.39 is 15.7 Å². The summed E-state index contributed by atoms with van der Waals surface area (Å²) in [6, 6.07) is 12.1. The van der Waals surface area contributed by atoms with E-state index in [2.05, 4.69) is 10.3 Å². The average molecular weight is 393 g/mol. The highest BCUT2D eigenvalue weighted by molar-refractivity contribution is 7.98. The summed E-state index contributed by atoms with van der Waals surface area (Å²) < 4.78 is 25.4. The van der Waals surface area contributed by atoms with Crippen LogP contribution in [0.3, 0.4) is 0 Å². The van der Waals surface area contributed by atoms with Crippen LogP contribution < -0.4 is 5.32 Å². The molecule has 3 rings (SSSR count). The number of hydrogen-bond acceptors (Lipinski definition) is 6. The zero-order valence-corrected chi connectivity index (χ0v) is 16.1. The molecule has 0 radical (unpaired) electrons. The predicted octanol–water partition coefficient (Wildman–Crippen LogP) is 4.06. The lowest BCUT2D eigenvalue weighted by atomic mass is 10.2. The van der Waals surface area contributed by atoms with E-state index in [-0.39, 0.29) is 16.2 Å². The van der Waals surface area contributed by atoms with Gasteiger partial charge in [0.2, 0.25) is 0 Å². The number of nitrogens with zero attached hydrogens (tertiary/aromatic N) is 1. The number of benzene rings is 2. The van der Waals surface area contributed by atoms with Gasteiger partial charge in [-0.25, -0.2) is 13.4 Å². The van der Waals surface area contributed by atoms with Gasteiger partial charge in [-0.15, -0.1) is 11.8 Å². The third kappa shape index (κ3) is 3.70. The highest BCUT2D eigenvalue weighted by Crippen LogP contribution is 2.30. The van der Waals surface area contributed by atoms with Gasteiger partial charge in [0.05, 0.1) is 26.4 Å². The van der Waals surface area contributed by atoms with Crippen molar-refractivity contribution in [3.8, 4) is 0 Å². The Morgan fingerprint density at radius 3 is 2.72 bits per heavy atom. The molecule has 0 saturated heterocycles. The lowest BCUT2D eigenvalue weighted by Gasteiger charge is -2.08. The molecule has 0 spiro atoms. The number of amides is 1. The van der Waals surface area contributed by atoms with E-state index in [9.17, 15) is 13.2 Å². The number of thioether (sulfide) groups is 1. The van der Waals surface area contributed by atoms with Gasteiger partial charge < -0.3 is 0 Å². The number of anilines is 1. The number of sulfone groups is 1. The molecule has 130 valence electrons. The Labute approximate surface area is 154 Å². The minimum atomic E-state index is -3.48. The molecule has 0 unspecified atom stereocenters. The number of fused-ring (bicyclic) bond motifs is 1. The van der Waals surface area contributed by atoms with Gasteiger partial charge in [-0.05, 0) is 36.6 Å². The number of rotatable bonds is 5. The lowest BCUT2D eigenvalue weighted by molar-refractivity contribution is 0.102. The molecule has 1 N–H and O–H groups in total. The summed E-state index contributed by atoms with van der Waals surface area (Å²) in [5.41, 5.74) is 0.931. The van der Waals surface area contributed by atoms with Crippen molar-refractivity contribution in [2.45, 2.75) is 16.7 Å². The van der Waals surface area contributed by atoms with Crippen molar-refractivity contribution < 1.29 is 13.2 Å². The number of nitrogens with one attached hydrogen (secondary N) is 1. The fraction of sp³-hybridized carbons (Fsp3) is 0.176. The first-order valence-corrected chi connectivity index (χ1v) is 11.2. The highest BCUT2D eigenvalue weighted by atomic mass is 32.2. The van der Waals surface area contributed by atoms with Crippen LogP contribution in [0.2, 0.25) is 0 Å². The maximum atomic E-state index is 12.6. The fourth-order valence-corrected chi connectivity index (χ4v) is 4.84. The molecule has 3 aromatic rings. The molecular formula is C17H16N2O3S3. The van der Waals surface area contributed by atoms with Crippen molar-refractivity contribution in [1.29, 1.82) is 0 Å². The maximum Gasteiger partial charge on any atom is 0.258 e. The van der Waals surface area contributed by atoms with Crippen molar-refractivity contribution in [2.24, 2.45) is 0 Å². The van der Waals surface area contributed by atoms with Gasteiger partial charge in [-0.3, -0.25) is 10.1 Å². The molecule has 2 aromatic carbocycles. The van der Waals surface area contributed by atoms with E-state index in [1.807, 2.05) is 24.5 Å². The quantitative estimate of drug-likeness (QED) is 0.663. The fourth-order valence-electron chi connectivity index (χ4n) is 2.33. The van der Waals surface area contributed by atoms with Crippen LogP contribution in [0.25, 0.3) is 10.2 Å². The molecule has 0 aliphatic carbocycles. The minimum Gasteiger partial charge on any atom is -0.298 e. The summed E-state index contributed by atoms with van der Waals surface area (Å²) in [5, 5.41) is 3.17. The number of carbonyl (C=O) groups is 1. The second-order valence-corrected chi connectivity index (χ2v) is 9.36. The average Bonchev–Trinajstić information content (AvgIpc) is 3.02. The normalized spacial score (nSPS) is 11.6. The van der Waals surface area contributed by atoms with E-state index >= 15 is 0 Å². The van der Waals surface area contributed by atoms with Gasteiger partial charge in [0.25, 0.3) is 5.91 Å². The van der Waals surface area contributed by atoms with Crippen molar-refractivity contribution in [3.63, 3.8) is 0 Å². The van der Waals surface area contributed by atoms with E-state index in [0.29, 0.717) is 5.13 Å². The van der Waals surface area contributed by atoms with Crippen LogP contribution in [0.1, 0.15) is 17.3 Å². The summed E-state index contributed by atoms with van der Waals surface area (Å²) in [6.07, 6.45) is 2.00. The van der Waals surface area contributed by atoms with Crippen LogP contribution in [0.5, 0.6) is 0 Å². The Balaban J connectivity index is 1.93. The van der Waals surface area contributed by atoms with E-state index in [1.165, 1.54) is 23.5 Å². The summed E-state index contributed by atoms with van der Waals surface area (Å²) in [6.45, 7) is 1.56. The summed E-state index contributed by atoms with van der Waals surface area (Å²) >= 11 is 3.00.